The third kappa shape index (κ3) is 8.58. The van der Waals surface area contributed by atoms with Crippen LogP contribution in [-0.4, -0.2) is 77.1 Å². The van der Waals surface area contributed by atoms with Crippen LogP contribution in [-0.2, 0) is 44.3 Å². The van der Waals surface area contributed by atoms with Crippen molar-refractivity contribution in [2.75, 3.05) is 18.8 Å². The molecular weight excluding hydrogens is 713 g/mol. The van der Waals surface area contributed by atoms with Gasteiger partial charge in [0.05, 0.1) is 20.4 Å². The van der Waals surface area contributed by atoms with Crippen LogP contribution in [0.3, 0.4) is 0 Å². The van der Waals surface area contributed by atoms with Gasteiger partial charge in [0.25, 0.3) is 0 Å². The number of ketones is 1. The van der Waals surface area contributed by atoms with E-state index in [0.717, 1.165) is 12.1 Å². The van der Waals surface area contributed by atoms with Crippen LogP contribution in [0.15, 0.2) is 63.2 Å². The summed E-state index contributed by atoms with van der Waals surface area (Å²) in [5.74, 6) is -3.15. The summed E-state index contributed by atoms with van der Waals surface area (Å²) in [6, 6.07) is 7.56. The minimum atomic E-state index is -4.50. The second kappa shape index (κ2) is 15.4. The monoisotopic (exact) mass is 750 g/mol. The van der Waals surface area contributed by atoms with E-state index in [1.165, 1.54) is 24.3 Å². The van der Waals surface area contributed by atoms with Crippen LogP contribution in [0.5, 0.6) is 5.75 Å². The molecule has 17 heteroatoms. The van der Waals surface area contributed by atoms with Crippen LogP contribution in [0.4, 0.5) is 0 Å². The molecule has 50 heavy (non-hydrogen) atoms. The highest BCUT2D eigenvalue weighted by molar-refractivity contribution is 7.91. The summed E-state index contributed by atoms with van der Waals surface area (Å²) in [6.45, 7) is 4.64. The van der Waals surface area contributed by atoms with E-state index >= 15 is 0 Å². The lowest BCUT2D eigenvalue weighted by atomic mass is 9.94. The Morgan fingerprint density at radius 2 is 1.10 bits per heavy atom. The van der Waals surface area contributed by atoms with Gasteiger partial charge in [0.2, 0.25) is 20.0 Å². The molecule has 14 nitrogen and oxygen atoms in total. The van der Waals surface area contributed by atoms with E-state index in [9.17, 15) is 44.7 Å². The summed E-state index contributed by atoms with van der Waals surface area (Å²) in [7, 11) is -13.1. The molecule has 0 bridgehead atoms. The predicted octanol–water partition coefficient (Wildman–Crippen LogP) is 4.06. The number of phenols is 1. The Bertz CT molecular complexity index is 2250. The highest BCUT2D eigenvalue weighted by Crippen LogP contribution is 2.45. The van der Waals surface area contributed by atoms with Crippen molar-refractivity contribution >= 4 is 79.9 Å². The van der Waals surface area contributed by atoms with Crippen LogP contribution in [0, 0.1) is 0 Å². The van der Waals surface area contributed by atoms with Gasteiger partial charge in [-0.25, -0.2) is 34.7 Å². The van der Waals surface area contributed by atoms with Crippen LogP contribution >= 0.6 is 0 Å². The van der Waals surface area contributed by atoms with Gasteiger partial charge in [0.15, 0.2) is 15.6 Å². The summed E-state index contributed by atoms with van der Waals surface area (Å²) >= 11 is 0. The summed E-state index contributed by atoms with van der Waals surface area (Å²) in [6.07, 6.45) is 0.542. The number of carboxylic acid groups (broad SMARTS) is 2. The number of carbonyl (C=O) groups is 3. The maximum atomic E-state index is 13.7. The first-order valence-electron chi connectivity index (χ1n) is 15.7. The molecule has 0 fully saturated rings. The van der Waals surface area contributed by atoms with E-state index in [0.29, 0.717) is 18.4 Å². The molecule has 0 aromatic heterocycles. The van der Waals surface area contributed by atoms with Gasteiger partial charge >= 0.3 is 11.9 Å². The van der Waals surface area contributed by atoms with Gasteiger partial charge < -0.3 is 15.3 Å². The first-order valence-corrected chi connectivity index (χ1v) is 20.3. The lowest BCUT2D eigenvalue weighted by Gasteiger charge is -2.20. The van der Waals surface area contributed by atoms with Crippen LogP contribution in [0.1, 0.15) is 58.3 Å². The van der Waals surface area contributed by atoms with Crippen LogP contribution in [0.2, 0.25) is 0 Å². The molecule has 0 amide bonds. The molecule has 4 rings (SSSR count). The van der Waals surface area contributed by atoms with Crippen molar-refractivity contribution < 1.29 is 55.0 Å². The fraction of sp³-hybridized carbons (Fsp3) is 0.364. The first kappa shape index (κ1) is 38.6. The number of hydrogen-bond acceptors (Lipinski definition) is 10. The normalized spacial score (nSPS) is 12.6. The molecule has 0 saturated carbocycles. The molecule has 4 aromatic rings. The van der Waals surface area contributed by atoms with E-state index in [-0.39, 0.29) is 100 Å². The number of sulfone groups is 1. The smallest absolute Gasteiger partial charge is 0.303 e. The Balaban J connectivity index is 1.89. The minimum Gasteiger partial charge on any atom is -0.507 e. The lowest BCUT2D eigenvalue weighted by Crippen LogP contribution is -2.28. The molecule has 0 saturated heterocycles. The first-order chi connectivity index (χ1) is 23.4. The summed E-state index contributed by atoms with van der Waals surface area (Å²) in [5.41, 5.74) is 0.414. The topological polar surface area (TPSA) is 238 Å². The number of benzene rings is 4. The highest BCUT2D eigenvalue weighted by Gasteiger charge is 2.29. The number of unbranched alkanes of at least 4 members (excludes halogenated alkanes) is 2. The van der Waals surface area contributed by atoms with Crippen molar-refractivity contribution in [2.24, 2.45) is 0 Å². The number of nitrogens with one attached hydrogen (secondary N) is 2. The quantitative estimate of drug-likeness (QED) is 0.0489. The number of Topliss-reactive ketones (excluding diaryl/α,β-unsaturated/α-hetero) is 1. The third-order valence-corrected chi connectivity index (χ3v) is 13.0. The van der Waals surface area contributed by atoms with E-state index in [4.69, 9.17) is 10.2 Å². The number of hydrogen-bond donors (Lipinski definition) is 5. The van der Waals surface area contributed by atoms with Gasteiger partial charge in [-0.3, -0.25) is 14.4 Å². The Labute approximate surface area is 289 Å². The Kier molecular flexibility index (Phi) is 11.9. The van der Waals surface area contributed by atoms with E-state index < -0.39 is 57.4 Å². The van der Waals surface area contributed by atoms with E-state index in [1.807, 2.05) is 0 Å². The average molecular weight is 751 g/mol. The largest absolute Gasteiger partial charge is 0.507 e. The van der Waals surface area contributed by atoms with Crippen molar-refractivity contribution in [1.82, 2.24) is 9.44 Å². The summed E-state index contributed by atoms with van der Waals surface area (Å²) in [4.78, 5) is 32.6. The van der Waals surface area contributed by atoms with Crippen molar-refractivity contribution in [1.29, 1.82) is 0 Å². The molecule has 0 unspecified atom stereocenters. The average Bonchev–Trinajstić information content (AvgIpc) is 3.03. The van der Waals surface area contributed by atoms with Gasteiger partial charge in [0.1, 0.15) is 5.75 Å². The minimum absolute atomic E-state index is 0.0183. The van der Waals surface area contributed by atoms with Crippen LogP contribution < -0.4 is 9.44 Å². The molecule has 0 spiro atoms. The zero-order chi connectivity index (χ0) is 37.0. The number of sulfonamides is 2. The van der Waals surface area contributed by atoms with E-state index in [2.05, 4.69) is 16.0 Å². The maximum absolute atomic E-state index is 13.7. The predicted molar refractivity (Wildman–Crippen MR) is 186 cm³/mol. The summed E-state index contributed by atoms with van der Waals surface area (Å²) in [5, 5.41) is 29.4. The van der Waals surface area contributed by atoms with Gasteiger partial charge in [-0.2, -0.15) is 0 Å². The third-order valence-electron chi connectivity index (χ3n) is 8.19. The number of rotatable bonds is 20. The van der Waals surface area contributed by atoms with Gasteiger partial charge in [-0.15, -0.1) is 0 Å². The summed E-state index contributed by atoms with van der Waals surface area (Å²) < 4.78 is 86.7. The molecule has 0 aliphatic heterocycles. The molecule has 0 atom stereocenters. The van der Waals surface area contributed by atoms with Crippen molar-refractivity contribution in [3.8, 4) is 5.75 Å². The van der Waals surface area contributed by atoms with Gasteiger partial charge in [-0.05, 0) is 56.4 Å². The Hall–Kier alpha value is -4.16. The number of carboxylic acids is 2. The van der Waals surface area contributed by atoms with Crippen LogP contribution in [0.25, 0.3) is 32.3 Å². The number of allylic oxidation sites excluding steroid dienone is 1. The van der Waals surface area contributed by atoms with Crippen molar-refractivity contribution in [2.45, 2.75) is 73.0 Å². The van der Waals surface area contributed by atoms with Crippen molar-refractivity contribution in [3.63, 3.8) is 0 Å². The molecular formula is C33H38N2O12S3. The number of carbonyl (C=O) groups excluding carboxylic acids is 1. The molecule has 4 aromatic carbocycles. The van der Waals surface area contributed by atoms with Crippen molar-refractivity contribution in [3.05, 3.63) is 48.6 Å². The Morgan fingerprint density at radius 3 is 1.58 bits per heavy atom. The molecule has 0 radical (unpaired) electrons. The maximum Gasteiger partial charge on any atom is 0.303 e. The lowest BCUT2D eigenvalue weighted by molar-refractivity contribution is -0.138. The second-order valence-corrected chi connectivity index (χ2v) is 17.5. The second-order valence-electron chi connectivity index (χ2n) is 12.0. The van der Waals surface area contributed by atoms with Gasteiger partial charge in [-0.1, -0.05) is 31.2 Å². The zero-order valence-corrected chi connectivity index (χ0v) is 29.6. The molecule has 0 heterocycles. The molecule has 0 aliphatic carbocycles. The van der Waals surface area contributed by atoms with Gasteiger partial charge in [0, 0.05) is 64.7 Å². The Morgan fingerprint density at radius 1 is 0.640 bits per heavy atom. The molecule has 270 valence electrons. The number of aliphatic carboxylic acids is 2. The SMILES string of the molecule is C=C(C)C(=O)CCCCCS(=O)(=O)c1cc(O)c2ccc3c(S(=O)(=O)NCCCC(=O)O)cc(S(=O)(=O)NCCCC(=O)O)c4ccc1c2c34. The fourth-order valence-corrected chi connectivity index (χ4v) is 9.98. The highest BCUT2D eigenvalue weighted by atomic mass is 32.2. The number of phenolic OH excluding ortho intramolecular Hbond substituents is 1. The molecule has 0 aliphatic rings. The fourth-order valence-electron chi connectivity index (χ4n) is 5.71. The number of aromatic hydroxyl groups is 1. The van der Waals surface area contributed by atoms with E-state index in [1.54, 1.807) is 6.92 Å². The zero-order valence-electron chi connectivity index (χ0n) is 27.2. The molecule has 5 N–H and O–H groups in total. The standard InChI is InChI=1S/C33H38N2O12S3/c1-20(2)25(36)8-4-3-5-17-48(42,43)27-18-26(37)21-11-12-23-28(49(44,45)34-15-6-9-30(38)39)19-29(24-14-13-22(27)32(21)33(23)24)50(46,47)35-16-7-10-31(40)41/h11-14,18-19,34-35,37H,1,3-10,15-17H2,2H3,(H,38,39)(H,40,41).